The van der Waals surface area contributed by atoms with Crippen LogP contribution in [0.15, 0.2) is 29.1 Å². The molecular formula is C12H11N3O2. The summed E-state index contributed by atoms with van der Waals surface area (Å²) in [4.78, 5) is 11.7. The molecule has 0 atom stereocenters. The molecule has 0 aliphatic heterocycles. The highest BCUT2D eigenvalue weighted by Gasteiger charge is 2.08. The minimum atomic E-state index is -0.223. The molecule has 0 radical (unpaired) electrons. The number of hydrogen-bond acceptors (Lipinski definition) is 3. The van der Waals surface area contributed by atoms with Crippen LogP contribution in [-0.4, -0.2) is 21.7 Å². The summed E-state index contributed by atoms with van der Waals surface area (Å²) in [6.45, 7) is 1.93. The van der Waals surface area contributed by atoms with Gasteiger partial charge in [0.25, 0.3) is 0 Å². The zero-order valence-electron chi connectivity index (χ0n) is 9.52. The average molecular weight is 229 g/mol. The number of nitrogens with zero attached hydrogens (tertiary/aromatic N) is 2. The van der Waals surface area contributed by atoms with E-state index in [2.05, 4.69) is 10.2 Å². The number of nitrogens with one attached hydrogen (secondary N) is 1. The Balaban J connectivity index is 2.55. The molecule has 0 saturated carbocycles. The molecule has 0 aliphatic carbocycles. The van der Waals surface area contributed by atoms with E-state index in [1.165, 1.54) is 0 Å². The predicted octanol–water partition coefficient (Wildman–Crippen LogP) is 1.49. The predicted molar refractivity (Wildman–Crippen MR) is 64.6 cm³/mol. The van der Waals surface area contributed by atoms with E-state index in [-0.39, 0.29) is 5.69 Å². The van der Waals surface area contributed by atoms with Crippen molar-refractivity contribution in [3.05, 3.63) is 40.3 Å². The van der Waals surface area contributed by atoms with E-state index in [0.717, 1.165) is 22.2 Å². The third-order valence-electron chi connectivity index (χ3n) is 2.87. The third-order valence-corrected chi connectivity index (χ3v) is 2.87. The zero-order valence-corrected chi connectivity index (χ0v) is 9.52. The summed E-state index contributed by atoms with van der Waals surface area (Å²) in [6, 6.07) is 7.59. The average Bonchev–Trinajstić information content (AvgIpc) is 2.72. The molecule has 0 spiro atoms. The van der Waals surface area contributed by atoms with Crippen LogP contribution < -0.4 is 10.4 Å². The van der Waals surface area contributed by atoms with Crippen molar-refractivity contribution >= 4 is 16.6 Å². The molecule has 3 aromatic rings. The van der Waals surface area contributed by atoms with Gasteiger partial charge >= 0.3 is 5.69 Å². The number of hydrogen-bond donors (Lipinski definition) is 1. The van der Waals surface area contributed by atoms with Crippen LogP contribution in [0.1, 0.15) is 5.56 Å². The van der Waals surface area contributed by atoms with Gasteiger partial charge in [-0.05, 0) is 36.8 Å². The molecule has 1 aromatic carbocycles. The molecule has 3 rings (SSSR count). The van der Waals surface area contributed by atoms with Gasteiger partial charge in [0.2, 0.25) is 0 Å². The topological polar surface area (TPSA) is 59.4 Å². The van der Waals surface area contributed by atoms with E-state index < -0.39 is 0 Å². The van der Waals surface area contributed by atoms with Crippen LogP contribution in [0.4, 0.5) is 0 Å². The first-order valence-electron chi connectivity index (χ1n) is 5.25. The van der Waals surface area contributed by atoms with Gasteiger partial charge in [-0.1, -0.05) is 0 Å². The summed E-state index contributed by atoms with van der Waals surface area (Å²) < 4.78 is 6.75. The molecule has 2 aromatic heterocycles. The number of fused-ring (bicyclic) bond motifs is 3. The lowest BCUT2D eigenvalue weighted by Gasteiger charge is -2.05. The molecule has 0 aliphatic rings. The van der Waals surface area contributed by atoms with Gasteiger partial charge in [-0.2, -0.15) is 5.10 Å². The van der Waals surface area contributed by atoms with Crippen molar-refractivity contribution in [3.63, 3.8) is 0 Å². The van der Waals surface area contributed by atoms with E-state index in [1.807, 2.05) is 31.2 Å². The first-order valence-corrected chi connectivity index (χ1v) is 5.25. The molecule has 0 fully saturated rings. The van der Waals surface area contributed by atoms with E-state index >= 15 is 0 Å². The number of aryl methyl sites for hydroxylation is 1. The maximum absolute atomic E-state index is 11.7. The van der Waals surface area contributed by atoms with Crippen molar-refractivity contribution in [1.29, 1.82) is 0 Å². The van der Waals surface area contributed by atoms with Gasteiger partial charge in [-0.25, -0.2) is 14.3 Å². The van der Waals surface area contributed by atoms with Crippen molar-refractivity contribution in [3.8, 4) is 5.75 Å². The minimum Gasteiger partial charge on any atom is -0.497 e. The van der Waals surface area contributed by atoms with Crippen LogP contribution in [0.5, 0.6) is 5.75 Å². The van der Waals surface area contributed by atoms with Gasteiger partial charge in [0.05, 0.1) is 12.6 Å². The Morgan fingerprint density at radius 1 is 1.35 bits per heavy atom. The van der Waals surface area contributed by atoms with E-state index in [1.54, 1.807) is 11.5 Å². The van der Waals surface area contributed by atoms with Crippen molar-refractivity contribution < 1.29 is 4.74 Å². The summed E-state index contributed by atoms with van der Waals surface area (Å²) >= 11 is 0. The second-order valence-corrected chi connectivity index (χ2v) is 3.94. The van der Waals surface area contributed by atoms with Gasteiger partial charge in [0.15, 0.2) is 5.65 Å². The minimum absolute atomic E-state index is 0.223. The first kappa shape index (κ1) is 9.89. The highest BCUT2D eigenvalue weighted by Crippen LogP contribution is 2.22. The van der Waals surface area contributed by atoms with Gasteiger partial charge in [-0.3, -0.25) is 0 Å². The van der Waals surface area contributed by atoms with Gasteiger partial charge in [0, 0.05) is 5.39 Å². The second kappa shape index (κ2) is 3.35. The first-order chi connectivity index (χ1) is 8.20. The Bertz CT molecular complexity index is 770. The van der Waals surface area contributed by atoms with Gasteiger partial charge < -0.3 is 4.74 Å². The number of rotatable bonds is 1. The van der Waals surface area contributed by atoms with E-state index in [9.17, 15) is 4.79 Å². The number of aromatic nitrogens is 3. The fraction of sp³-hybridized carbons (Fsp3) is 0.167. The molecule has 0 saturated heterocycles. The number of H-pyrrole nitrogens is 1. The third kappa shape index (κ3) is 1.32. The van der Waals surface area contributed by atoms with E-state index in [0.29, 0.717) is 5.65 Å². The summed E-state index contributed by atoms with van der Waals surface area (Å²) in [5, 5.41) is 7.43. The number of methoxy groups -OCH3 is 1. The Hall–Kier alpha value is -2.30. The number of aromatic amines is 1. The molecule has 0 amide bonds. The van der Waals surface area contributed by atoms with Gasteiger partial charge in [0.1, 0.15) is 5.75 Å². The van der Waals surface area contributed by atoms with Crippen LogP contribution in [-0.2, 0) is 0 Å². The standard InChI is InChI=1S/C12H11N3O2/c1-7-5-8-6-9(17-2)3-4-10(8)15-11(7)13-14-12(15)16/h3-6H,1-2H3,(H,14,16). The Morgan fingerprint density at radius 2 is 2.18 bits per heavy atom. The van der Waals surface area contributed by atoms with Crippen LogP contribution in [0.2, 0.25) is 0 Å². The fourth-order valence-electron chi connectivity index (χ4n) is 2.06. The lowest BCUT2D eigenvalue weighted by Crippen LogP contribution is -2.10. The molecule has 0 bridgehead atoms. The summed E-state index contributed by atoms with van der Waals surface area (Å²) in [5.74, 6) is 0.771. The molecule has 0 unspecified atom stereocenters. The number of pyridine rings is 1. The van der Waals surface area contributed by atoms with Crippen LogP contribution in [0.3, 0.4) is 0 Å². The van der Waals surface area contributed by atoms with E-state index in [4.69, 9.17) is 4.74 Å². The Morgan fingerprint density at radius 3 is 2.94 bits per heavy atom. The lowest BCUT2D eigenvalue weighted by atomic mass is 10.1. The number of benzene rings is 1. The summed E-state index contributed by atoms with van der Waals surface area (Å²) in [6.07, 6.45) is 0. The molecular weight excluding hydrogens is 218 g/mol. The van der Waals surface area contributed by atoms with Crippen LogP contribution in [0, 0.1) is 6.92 Å². The molecule has 2 heterocycles. The second-order valence-electron chi connectivity index (χ2n) is 3.94. The maximum atomic E-state index is 11.7. The Labute approximate surface area is 96.6 Å². The molecule has 86 valence electrons. The lowest BCUT2D eigenvalue weighted by molar-refractivity contribution is 0.415. The normalized spacial score (nSPS) is 11.2. The molecule has 17 heavy (non-hydrogen) atoms. The molecule has 1 N–H and O–H groups in total. The van der Waals surface area contributed by atoms with Crippen molar-refractivity contribution in [2.24, 2.45) is 0 Å². The van der Waals surface area contributed by atoms with Crippen molar-refractivity contribution in [2.75, 3.05) is 7.11 Å². The Kier molecular flexibility index (Phi) is 1.95. The summed E-state index contributed by atoms with van der Waals surface area (Å²) in [5.41, 5.74) is 2.21. The fourth-order valence-corrected chi connectivity index (χ4v) is 2.06. The van der Waals surface area contributed by atoms with Gasteiger partial charge in [-0.15, -0.1) is 0 Å². The largest absolute Gasteiger partial charge is 0.497 e. The monoisotopic (exact) mass is 229 g/mol. The summed E-state index contributed by atoms with van der Waals surface area (Å²) in [7, 11) is 1.62. The van der Waals surface area contributed by atoms with Crippen LogP contribution >= 0.6 is 0 Å². The molecule has 5 nitrogen and oxygen atoms in total. The number of ether oxygens (including phenoxy) is 1. The SMILES string of the molecule is COc1ccc2c(c1)cc(C)c1n[nH]c(=O)n12. The highest BCUT2D eigenvalue weighted by atomic mass is 16.5. The van der Waals surface area contributed by atoms with Crippen LogP contribution in [0.25, 0.3) is 16.6 Å². The zero-order chi connectivity index (χ0) is 12.0. The smallest absolute Gasteiger partial charge is 0.348 e. The highest BCUT2D eigenvalue weighted by molar-refractivity contribution is 5.84. The quantitative estimate of drug-likeness (QED) is 0.687. The van der Waals surface area contributed by atoms with Crippen molar-refractivity contribution in [1.82, 2.24) is 14.6 Å². The molecule has 5 heteroatoms. The maximum Gasteiger partial charge on any atom is 0.348 e. The van der Waals surface area contributed by atoms with Crippen molar-refractivity contribution in [2.45, 2.75) is 6.92 Å².